The maximum atomic E-state index is 11.8. The predicted octanol–water partition coefficient (Wildman–Crippen LogP) is 2.22. The zero-order chi connectivity index (χ0) is 11.1. The Morgan fingerprint density at radius 2 is 2.31 bits per heavy atom. The van der Waals surface area contributed by atoms with Gasteiger partial charge in [-0.05, 0) is 31.9 Å². The van der Waals surface area contributed by atoms with Crippen LogP contribution < -0.4 is 5.56 Å². The number of aromatic amines is 1. The van der Waals surface area contributed by atoms with Crippen LogP contribution in [-0.4, -0.2) is 9.97 Å². The van der Waals surface area contributed by atoms with Crippen LogP contribution in [-0.2, 0) is 0 Å². The van der Waals surface area contributed by atoms with Crippen molar-refractivity contribution in [2.75, 3.05) is 0 Å². The molecular weight excluding hydrogens is 204 g/mol. The third kappa shape index (κ3) is 1.46. The first-order chi connectivity index (χ1) is 7.75. The van der Waals surface area contributed by atoms with Gasteiger partial charge in [0.05, 0.1) is 6.26 Å². The molecule has 2 aromatic heterocycles. The Labute approximate surface area is 92.3 Å². The number of nitrogens with zero attached hydrogens (tertiary/aromatic N) is 1. The predicted molar refractivity (Wildman–Crippen MR) is 59.3 cm³/mol. The van der Waals surface area contributed by atoms with Gasteiger partial charge in [-0.25, -0.2) is 4.98 Å². The fourth-order valence-electron chi connectivity index (χ4n) is 1.75. The molecule has 0 saturated heterocycles. The molecule has 2 aromatic rings. The lowest BCUT2D eigenvalue weighted by Gasteiger charge is -2.04. The first-order valence-corrected chi connectivity index (χ1v) is 5.40. The van der Waals surface area contributed by atoms with Crippen LogP contribution in [0, 0.1) is 6.92 Å². The van der Waals surface area contributed by atoms with E-state index in [1.54, 1.807) is 19.3 Å². The topological polar surface area (TPSA) is 58.9 Å². The molecule has 3 rings (SSSR count). The van der Waals surface area contributed by atoms with Crippen molar-refractivity contribution < 1.29 is 4.42 Å². The Balaban J connectivity index is 2.19. The number of nitrogens with one attached hydrogen (secondary N) is 1. The van der Waals surface area contributed by atoms with Crippen LogP contribution in [0.4, 0.5) is 0 Å². The van der Waals surface area contributed by atoms with Gasteiger partial charge in [-0.1, -0.05) is 0 Å². The lowest BCUT2D eigenvalue weighted by molar-refractivity contribution is 0.578. The van der Waals surface area contributed by atoms with Gasteiger partial charge in [-0.2, -0.15) is 0 Å². The van der Waals surface area contributed by atoms with Gasteiger partial charge in [-0.3, -0.25) is 4.79 Å². The van der Waals surface area contributed by atoms with Crippen LogP contribution in [0.5, 0.6) is 0 Å². The smallest absolute Gasteiger partial charge is 0.254 e. The molecular formula is C12H12N2O2. The van der Waals surface area contributed by atoms with Gasteiger partial charge in [0.15, 0.2) is 5.76 Å². The molecule has 1 saturated carbocycles. The minimum atomic E-state index is -0.0664. The summed E-state index contributed by atoms with van der Waals surface area (Å²) in [5.74, 6) is 1.88. The molecule has 16 heavy (non-hydrogen) atoms. The Kier molecular flexibility index (Phi) is 1.96. The second kappa shape index (κ2) is 3.33. The molecule has 1 N–H and O–H groups in total. The summed E-state index contributed by atoms with van der Waals surface area (Å²) in [6.07, 6.45) is 3.82. The van der Waals surface area contributed by atoms with Crippen molar-refractivity contribution in [3.63, 3.8) is 0 Å². The average Bonchev–Trinajstić information content (AvgIpc) is 2.98. The SMILES string of the molecule is Cc1c(-c2ccco2)nc(C2CC2)[nH]c1=O. The van der Waals surface area contributed by atoms with Crippen molar-refractivity contribution >= 4 is 0 Å². The van der Waals surface area contributed by atoms with Crippen LogP contribution in [0.25, 0.3) is 11.5 Å². The third-order valence-electron chi connectivity index (χ3n) is 2.89. The number of hydrogen-bond acceptors (Lipinski definition) is 3. The molecule has 0 atom stereocenters. The molecule has 2 heterocycles. The quantitative estimate of drug-likeness (QED) is 0.837. The van der Waals surface area contributed by atoms with Crippen LogP contribution in [0.3, 0.4) is 0 Å². The molecule has 0 bridgehead atoms. The standard InChI is InChI=1S/C12H12N2O2/c1-7-10(9-3-2-6-16-9)13-11(8-4-5-8)14-12(7)15/h2-3,6,8H,4-5H2,1H3,(H,13,14,15). The lowest BCUT2D eigenvalue weighted by Crippen LogP contribution is -2.15. The highest BCUT2D eigenvalue weighted by Crippen LogP contribution is 2.38. The van der Waals surface area contributed by atoms with Crippen molar-refractivity contribution in [2.24, 2.45) is 0 Å². The molecule has 0 aromatic carbocycles. The second-order valence-corrected chi connectivity index (χ2v) is 4.18. The first-order valence-electron chi connectivity index (χ1n) is 5.40. The molecule has 82 valence electrons. The van der Waals surface area contributed by atoms with E-state index in [1.807, 2.05) is 6.07 Å². The molecule has 0 amide bonds. The monoisotopic (exact) mass is 216 g/mol. The molecule has 0 unspecified atom stereocenters. The van der Waals surface area contributed by atoms with Crippen molar-refractivity contribution in [3.05, 3.63) is 40.1 Å². The molecule has 1 aliphatic carbocycles. The van der Waals surface area contributed by atoms with Gasteiger partial charge in [-0.15, -0.1) is 0 Å². The fraction of sp³-hybridized carbons (Fsp3) is 0.333. The van der Waals surface area contributed by atoms with E-state index >= 15 is 0 Å². The summed E-state index contributed by atoms with van der Waals surface area (Å²) >= 11 is 0. The largest absolute Gasteiger partial charge is 0.463 e. The van der Waals surface area contributed by atoms with E-state index in [2.05, 4.69) is 9.97 Å². The maximum Gasteiger partial charge on any atom is 0.254 e. The van der Waals surface area contributed by atoms with Gasteiger partial charge >= 0.3 is 0 Å². The van der Waals surface area contributed by atoms with E-state index in [9.17, 15) is 4.79 Å². The molecule has 0 spiro atoms. The average molecular weight is 216 g/mol. The molecule has 4 nitrogen and oxygen atoms in total. The highest BCUT2D eigenvalue weighted by molar-refractivity contribution is 5.56. The van der Waals surface area contributed by atoms with Crippen molar-refractivity contribution in [1.29, 1.82) is 0 Å². The van der Waals surface area contributed by atoms with E-state index in [0.29, 0.717) is 22.9 Å². The zero-order valence-corrected chi connectivity index (χ0v) is 8.99. The van der Waals surface area contributed by atoms with Crippen molar-refractivity contribution in [2.45, 2.75) is 25.7 Å². The maximum absolute atomic E-state index is 11.8. The second-order valence-electron chi connectivity index (χ2n) is 4.18. The van der Waals surface area contributed by atoms with Crippen LogP contribution in [0.1, 0.15) is 30.1 Å². The van der Waals surface area contributed by atoms with E-state index in [0.717, 1.165) is 18.7 Å². The number of hydrogen-bond donors (Lipinski definition) is 1. The highest BCUT2D eigenvalue weighted by Gasteiger charge is 2.27. The van der Waals surface area contributed by atoms with Crippen LogP contribution >= 0.6 is 0 Å². The molecule has 0 radical (unpaired) electrons. The fourth-order valence-corrected chi connectivity index (χ4v) is 1.75. The Morgan fingerprint density at radius 3 is 2.94 bits per heavy atom. The number of rotatable bonds is 2. The van der Waals surface area contributed by atoms with Gasteiger partial charge in [0, 0.05) is 11.5 Å². The van der Waals surface area contributed by atoms with Gasteiger partial charge < -0.3 is 9.40 Å². The summed E-state index contributed by atoms with van der Waals surface area (Å²) in [4.78, 5) is 19.1. The highest BCUT2D eigenvalue weighted by atomic mass is 16.3. The Hall–Kier alpha value is -1.84. The zero-order valence-electron chi connectivity index (χ0n) is 8.99. The normalized spacial score (nSPS) is 15.3. The number of H-pyrrole nitrogens is 1. The van der Waals surface area contributed by atoms with Crippen molar-refractivity contribution in [1.82, 2.24) is 9.97 Å². The summed E-state index contributed by atoms with van der Waals surface area (Å²) in [6.45, 7) is 1.76. The van der Waals surface area contributed by atoms with Crippen LogP contribution in [0.2, 0.25) is 0 Å². The minimum Gasteiger partial charge on any atom is -0.463 e. The molecule has 4 heteroatoms. The summed E-state index contributed by atoms with van der Waals surface area (Å²) in [5.41, 5.74) is 1.21. The minimum absolute atomic E-state index is 0.0664. The number of aromatic nitrogens is 2. The van der Waals surface area contributed by atoms with Gasteiger partial charge in [0.1, 0.15) is 11.5 Å². The van der Waals surface area contributed by atoms with E-state index in [-0.39, 0.29) is 5.56 Å². The summed E-state index contributed by atoms with van der Waals surface area (Å²) < 4.78 is 5.30. The van der Waals surface area contributed by atoms with Crippen molar-refractivity contribution in [3.8, 4) is 11.5 Å². The first kappa shape index (κ1) is 9.39. The van der Waals surface area contributed by atoms with Gasteiger partial charge in [0.2, 0.25) is 0 Å². The lowest BCUT2D eigenvalue weighted by atomic mass is 10.2. The Bertz CT molecular complexity index is 565. The van der Waals surface area contributed by atoms with E-state index in [1.165, 1.54) is 0 Å². The third-order valence-corrected chi connectivity index (χ3v) is 2.89. The molecule has 0 aliphatic heterocycles. The Morgan fingerprint density at radius 1 is 1.50 bits per heavy atom. The molecule has 1 aliphatic rings. The summed E-state index contributed by atoms with van der Waals surface area (Å²) in [5, 5.41) is 0. The molecule has 1 fully saturated rings. The summed E-state index contributed by atoms with van der Waals surface area (Å²) in [7, 11) is 0. The van der Waals surface area contributed by atoms with Gasteiger partial charge in [0.25, 0.3) is 5.56 Å². The van der Waals surface area contributed by atoms with E-state index in [4.69, 9.17) is 4.42 Å². The van der Waals surface area contributed by atoms with E-state index < -0.39 is 0 Å². The van der Waals surface area contributed by atoms with Crippen LogP contribution in [0.15, 0.2) is 27.6 Å². The number of furan rings is 1. The summed E-state index contributed by atoms with van der Waals surface area (Å²) in [6, 6.07) is 3.62.